The van der Waals surface area contributed by atoms with Gasteiger partial charge in [-0.15, -0.1) is 0 Å². The lowest BCUT2D eigenvalue weighted by molar-refractivity contribution is 0.284. The van der Waals surface area contributed by atoms with E-state index in [1.54, 1.807) is 13.2 Å². The Morgan fingerprint density at radius 2 is 1.85 bits per heavy atom. The van der Waals surface area contributed by atoms with E-state index in [4.69, 9.17) is 32.7 Å². The molecule has 0 aliphatic heterocycles. The van der Waals surface area contributed by atoms with E-state index >= 15 is 0 Å². The van der Waals surface area contributed by atoms with Crippen molar-refractivity contribution in [2.75, 3.05) is 7.11 Å². The maximum Gasteiger partial charge on any atom is 0.180 e. The standard InChI is InChI=1S/C20H24Cl2FNO2/c1-5-20(2,3)24-11-13-8-17(22)19(18(9-13)25-4)26-12-14-6-7-15(23)10-16(14)21/h6-10,24H,5,11-12H2,1-4H3. The van der Waals surface area contributed by atoms with Crippen molar-refractivity contribution < 1.29 is 13.9 Å². The summed E-state index contributed by atoms with van der Waals surface area (Å²) in [5, 5.41) is 4.25. The average molecular weight is 400 g/mol. The quantitative estimate of drug-likeness (QED) is 0.590. The van der Waals surface area contributed by atoms with Crippen LogP contribution in [0, 0.1) is 5.82 Å². The van der Waals surface area contributed by atoms with Crippen LogP contribution < -0.4 is 14.8 Å². The third-order valence-corrected chi connectivity index (χ3v) is 4.96. The van der Waals surface area contributed by atoms with E-state index in [0.717, 1.165) is 12.0 Å². The molecule has 3 nitrogen and oxygen atoms in total. The molecule has 6 heteroatoms. The second-order valence-corrected chi connectivity index (χ2v) is 7.54. The van der Waals surface area contributed by atoms with Crippen LogP contribution in [0.25, 0.3) is 0 Å². The van der Waals surface area contributed by atoms with Crippen LogP contribution in [-0.2, 0) is 13.2 Å². The summed E-state index contributed by atoms with van der Waals surface area (Å²) in [5.41, 5.74) is 1.70. The molecule has 0 aliphatic rings. The average Bonchev–Trinajstić information content (AvgIpc) is 2.60. The number of hydrogen-bond acceptors (Lipinski definition) is 3. The van der Waals surface area contributed by atoms with Gasteiger partial charge < -0.3 is 14.8 Å². The number of halogens is 3. The zero-order valence-corrected chi connectivity index (χ0v) is 17.0. The summed E-state index contributed by atoms with van der Waals surface area (Å²) in [5.74, 6) is 0.594. The van der Waals surface area contributed by atoms with E-state index in [2.05, 4.69) is 26.1 Å². The molecule has 0 heterocycles. The number of methoxy groups -OCH3 is 1. The number of hydrogen-bond donors (Lipinski definition) is 1. The Hall–Kier alpha value is -1.49. The molecule has 2 aromatic rings. The highest BCUT2D eigenvalue weighted by atomic mass is 35.5. The van der Waals surface area contributed by atoms with Gasteiger partial charge in [-0.3, -0.25) is 0 Å². The summed E-state index contributed by atoms with van der Waals surface area (Å²) in [6.07, 6.45) is 1.01. The normalized spacial score (nSPS) is 11.5. The monoisotopic (exact) mass is 399 g/mol. The minimum Gasteiger partial charge on any atom is -0.493 e. The van der Waals surface area contributed by atoms with Crippen molar-refractivity contribution in [1.82, 2.24) is 5.32 Å². The SMILES string of the molecule is CCC(C)(C)NCc1cc(Cl)c(OCc2ccc(F)cc2Cl)c(OC)c1. The number of nitrogens with one attached hydrogen (secondary N) is 1. The van der Waals surface area contributed by atoms with Crippen LogP contribution in [0.4, 0.5) is 4.39 Å². The minimum absolute atomic E-state index is 0.0359. The fraction of sp³-hybridized carbons (Fsp3) is 0.400. The lowest BCUT2D eigenvalue weighted by atomic mass is 10.0. The molecule has 0 bridgehead atoms. The maximum absolute atomic E-state index is 13.1. The van der Waals surface area contributed by atoms with E-state index in [9.17, 15) is 4.39 Å². The molecule has 0 saturated carbocycles. The molecule has 2 rings (SSSR count). The Bertz CT molecular complexity index is 766. The highest BCUT2D eigenvalue weighted by molar-refractivity contribution is 6.32. The van der Waals surface area contributed by atoms with E-state index < -0.39 is 0 Å². The van der Waals surface area contributed by atoms with Crippen molar-refractivity contribution in [3.8, 4) is 11.5 Å². The van der Waals surface area contributed by atoms with Gasteiger partial charge in [-0.05, 0) is 50.1 Å². The summed E-state index contributed by atoms with van der Waals surface area (Å²) in [6, 6.07) is 7.93. The Morgan fingerprint density at radius 3 is 2.46 bits per heavy atom. The lowest BCUT2D eigenvalue weighted by Gasteiger charge is -2.25. The van der Waals surface area contributed by atoms with Crippen LogP contribution in [0.2, 0.25) is 10.0 Å². The summed E-state index contributed by atoms with van der Waals surface area (Å²) in [6.45, 7) is 7.26. The van der Waals surface area contributed by atoms with Gasteiger partial charge in [0.05, 0.1) is 17.2 Å². The minimum atomic E-state index is -0.388. The van der Waals surface area contributed by atoms with Crippen LogP contribution in [0.3, 0.4) is 0 Å². The van der Waals surface area contributed by atoms with Crippen LogP contribution >= 0.6 is 23.2 Å². The highest BCUT2D eigenvalue weighted by Crippen LogP contribution is 2.37. The maximum atomic E-state index is 13.1. The van der Waals surface area contributed by atoms with Gasteiger partial charge >= 0.3 is 0 Å². The van der Waals surface area contributed by atoms with Crippen molar-refractivity contribution in [2.45, 2.75) is 45.9 Å². The van der Waals surface area contributed by atoms with Crippen LogP contribution in [0.1, 0.15) is 38.3 Å². The zero-order valence-electron chi connectivity index (χ0n) is 15.5. The second kappa shape index (κ2) is 8.94. The second-order valence-electron chi connectivity index (χ2n) is 6.72. The van der Waals surface area contributed by atoms with Gasteiger partial charge in [0.1, 0.15) is 12.4 Å². The molecule has 26 heavy (non-hydrogen) atoms. The summed E-state index contributed by atoms with van der Waals surface area (Å²) >= 11 is 12.4. The van der Waals surface area contributed by atoms with Crippen molar-refractivity contribution in [3.05, 3.63) is 57.3 Å². The zero-order chi connectivity index (χ0) is 19.3. The third kappa shape index (κ3) is 5.50. The molecule has 0 atom stereocenters. The van der Waals surface area contributed by atoms with Crippen molar-refractivity contribution in [3.63, 3.8) is 0 Å². The molecular formula is C20H24Cl2FNO2. The van der Waals surface area contributed by atoms with E-state index in [0.29, 0.717) is 33.7 Å². The van der Waals surface area contributed by atoms with Crippen LogP contribution in [0.15, 0.2) is 30.3 Å². The first-order valence-electron chi connectivity index (χ1n) is 8.44. The predicted octanol–water partition coefficient (Wildman–Crippen LogP) is 6.00. The smallest absolute Gasteiger partial charge is 0.180 e. The van der Waals surface area contributed by atoms with E-state index in [-0.39, 0.29) is 18.0 Å². The molecule has 0 spiro atoms. The number of benzene rings is 2. The summed E-state index contributed by atoms with van der Waals surface area (Å²) in [4.78, 5) is 0. The molecule has 142 valence electrons. The van der Waals surface area contributed by atoms with E-state index in [1.807, 2.05) is 12.1 Å². The van der Waals surface area contributed by atoms with Gasteiger partial charge in [0.2, 0.25) is 0 Å². The van der Waals surface area contributed by atoms with E-state index in [1.165, 1.54) is 12.1 Å². The summed E-state index contributed by atoms with van der Waals surface area (Å²) in [7, 11) is 1.57. The first kappa shape index (κ1) is 20.8. The van der Waals surface area contributed by atoms with Gasteiger partial charge in [0, 0.05) is 17.6 Å². The number of rotatable bonds is 8. The summed E-state index contributed by atoms with van der Waals surface area (Å²) < 4.78 is 24.4. The first-order chi connectivity index (χ1) is 12.3. The molecule has 1 N–H and O–H groups in total. The van der Waals surface area contributed by atoms with Gasteiger partial charge in [-0.1, -0.05) is 36.2 Å². The predicted molar refractivity (Wildman–Crippen MR) is 105 cm³/mol. The molecule has 0 fully saturated rings. The van der Waals surface area contributed by atoms with Gasteiger partial charge in [0.25, 0.3) is 0 Å². The fourth-order valence-corrected chi connectivity index (χ4v) is 2.78. The molecule has 0 amide bonds. The van der Waals surface area contributed by atoms with Crippen LogP contribution in [-0.4, -0.2) is 12.6 Å². The van der Waals surface area contributed by atoms with Crippen molar-refractivity contribution in [1.29, 1.82) is 0 Å². The first-order valence-corrected chi connectivity index (χ1v) is 9.19. The van der Waals surface area contributed by atoms with Gasteiger partial charge in [0.15, 0.2) is 11.5 Å². The lowest BCUT2D eigenvalue weighted by Crippen LogP contribution is -2.37. The Kier molecular flexibility index (Phi) is 7.16. The molecule has 0 aliphatic carbocycles. The topological polar surface area (TPSA) is 30.5 Å². The van der Waals surface area contributed by atoms with Crippen LogP contribution in [0.5, 0.6) is 11.5 Å². The van der Waals surface area contributed by atoms with Gasteiger partial charge in [-0.25, -0.2) is 4.39 Å². The van der Waals surface area contributed by atoms with Crippen molar-refractivity contribution in [2.24, 2.45) is 0 Å². The molecule has 0 unspecified atom stereocenters. The van der Waals surface area contributed by atoms with Gasteiger partial charge in [-0.2, -0.15) is 0 Å². The third-order valence-electron chi connectivity index (χ3n) is 4.33. The largest absolute Gasteiger partial charge is 0.493 e. The highest BCUT2D eigenvalue weighted by Gasteiger charge is 2.17. The Morgan fingerprint density at radius 1 is 1.12 bits per heavy atom. The molecule has 0 radical (unpaired) electrons. The van der Waals surface area contributed by atoms with Crippen molar-refractivity contribution >= 4 is 23.2 Å². The Balaban J connectivity index is 2.15. The Labute approximate surface area is 164 Å². The number of ether oxygens (including phenoxy) is 2. The molecular weight excluding hydrogens is 376 g/mol. The molecule has 2 aromatic carbocycles. The molecule has 0 saturated heterocycles. The fourth-order valence-electron chi connectivity index (χ4n) is 2.27. The molecule has 0 aromatic heterocycles.